The van der Waals surface area contributed by atoms with Gasteiger partial charge in [-0.25, -0.2) is 8.42 Å². The van der Waals surface area contributed by atoms with Crippen LogP contribution >= 0.6 is 11.6 Å². The lowest BCUT2D eigenvalue weighted by atomic mass is 10.0. The maximum absolute atomic E-state index is 14.2. The Labute approximate surface area is 240 Å². The van der Waals surface area contributed by atoms with E-state index in [1.165, 1.54) is 24.1 Å². The van der Waals surface area contributed by atoms with E-state index in [1.54, 1.807) is 42.5 Å². The summed E-state index contributed by atoms with van der Waals surface area (Å²) in [6.07, 6.45) is 0.247. The molecule has 0 saturated carbocycles. The first kappa shape index (κ1) is 28.9. The van der Waals surface area contributed by atoms with Crippen molar-refractivity contribution in [2.24, 2.45) is 0 Å². The molecule has 0 saturated heterocycles. The monoisotopic (exact) mass is 575 g/mol. The zero-order valence-electron chi connectivity index (χ0n) is 22.0. The minimum absolute atomic E-state index is 0.0180. The van der Waals surface area contributed by atoms with E-state index < -0.39 is 28.5 Å². The number of hydrogen-bond acceptors (Lipinski definition) is 4. The quantitative estimate of drug-likeness (QED) is 0.275. The fraction of sp³-hybridized carbons (Fsp3) is 0.161. The van der Waals surface area contributed by atoms with Crippen molar-refractivity contribution in [2.45, 2.75) is 23.9 Å². The van der Waals surface area contributed by atoms with E-state index >= 15 is 0 Å². The lowest BCUT2D eigenvalue weighted by Gasteiger charge is -2.33. The molecule has 0 aliphatic rings. The Morgan fingerprint density at radius 3 is 1.88 bits per heavy atom. The van der Waals surface area contributed by atoms with Crippen LogP contribution in [0.5, 0.6) is 0 Å². The second kappa shape index (κ2) is 13.3. The van der Waals surface area contributed by atoms with Crippen LogP contribution < -0.4 is 9.62 Å². The van der Waals surface area contributed by atoms with Gasteiger partial charge in [0.25, 0.3) is 10.0 Å². The van der Waals surface area contributed by atoms with Crippen molar-refractivity contribution < 1.29 is 18.0 Å². The van der Waals surface area contributed by atoms with Gasteiger partial charge in [-0.2, -0.15) is 0 Å². The van der Waals surface area contributed by atoms with Gasteiger partial charge in [-0.05, 0) is 35.4 Å². The Kier molecular flexibility index (Phi) is 9.58. The zero-order chi connectivity index (χ0) is 28.5. The van der Waals surface area contributed by atoms with Crippen LogP contribution in [-0.2, 0) is 32.6 Å². The summed E-state index contributed by atoms with van der Waals surface area (Å²) in [5, 5.41) is 2.85. The molecule has 206 valence electrons. The summed E-state index contributed by atoms with van der Waals surface area (Å²) in [5.41, 5.74) is 1.83. The number of sulfonamides is 1. The van der Waals surface area contributed by atoms with E-state index in [0.29, 0.717) is 0 Å². The molecule has 2 amide bonds. The molecule has 0 unspecified atom stereocenters. The molecule has 4 aromatic rings. The second-order valence-electron chi connectivity index (χ2n) is 9.10. The van der Waals surface area contributed by atoms with Gasteiger partial charge in [-0.15, -0.1) is 0 Å². The van der Waals surface area contributed by atoms with Crippen molar-refractivity contribution >= 4 is 39.1 Å². The van der Waals surface area contributed by atoms with Gasteiger partial charge >= 0.3 is 0 Å². The Balaban J connectivity index is 1.78. The molecular weight excluding hydrogens is 546 g/mol. The third-order valence-electron chi connectivity index (χ3n) is 6.44. The number of carbonyl (C=O) groups is 2. The van der Waals surface area contributed by atoms with E-state index in [2.05, 4.69) is 5.32 Å². The Morgan fingerprint density at radius 1 is 0.775 bits per heavy atom. The molecule has 0 spiro atoms. The predicted octanol–water partition coefficient (Wildman–Crippen LogP) is 4.92. The van der Waals surface area contributed by atoms with Crippen molar-refractivity contribution in [3.63, 3.8) is 0 Å². The fourth-order valence-electron chi connectivity index (χ4n) is 4.39. The van der Waals surface area contributed by atoms with Gasteiger partial charge in [0, 0.05) is 20.0 Å². The standard InChI is InChI=1S/C31H30ClN3O4S/c1-33-31(37)29(21-24-13-5-2-6-14-24)34(22-25-15-7-3-8-16-25)30(36)23-35(28-20-12-11-19-27(28)32)40(38,39)26-17-9-4-10-18-26/h2-20,29H,21-23H2,1H3,(H,33,37)/t29-/m1/s1. The number of amides is 2. The van der Waals surface area contributed by atoms with Crippen molar-refractivity contribution in [2.75, 3.05) is 17.9 Å². The van der Waals surface area contributed by atoms with E-state index in [1.807, 2.05) is 60.7 Å². The van der Waals surface area contributed by atoms with Crippen molar-refractivity contribution in [1.82, 2.24) is 10.2 Å². The number of hydrogen-bond donors (Lipinski definition) is 1. The van der Waals surface area contributed by atoms with Gasteiger partial charge in [-0.1, -0.05) is 103 Å². The average Bonchev–Trinajstić information content (AvgIpc) is 2.99. The Morgan fingerprint density at radius 2 is 1.30 bits per heavy atom. The van der Waals surface area contributed by atoms with Crippen molar-refractivity contribution in [3.8, 4) is 0 Å². The molecule has 9 heteroatoms. The van der Waals surface area contributed by atoms with Crippen molar-refractivity contribution in [1.29, 1.82) is 0 Å². The van der Waals surface area contributed by atoms with Crippen LogP contribution in [-0.4, -0.2) is 44.8 Å². The molecular formula is C31H30ClN3O4S. The van der Waals surface area contributed by atoms with Gasteiger partial charge in [0.2, 0.25) is 11.8 Å². The number of para-hydroxylation sites is 1. The molecule has 0 aliphatic heterocycles. The summed E-state index contributed by atoms with van der Waals surface area (Å²) < 4.78 is 28.7. The second-order valence-corrected chi connectivity index (χ2v) is 11.4. The highest BCUT2D eigenvalue weighted by Gasteiger charge is 2.34. The zero-order valence-corrected chi connectivity index (χ0v) is 23.6. The maximum Gasteiger partial charge on any atom is 0.264 e. The van der Waals surface area contributed by atoms with Crippen LogP contribution in [0.4, 0.5) is 5.69 Å². The van der Waals surface area contributed by atoms with Gasteiger partial charge in [0.15, 0.2) is 0 Å². The molecule has 1 atom stereocenters. The van der Waals surface area contributed by atoms with E-state index in [4.69, 9.17) is 11.6 Å². The van der Waals surface area contributed by atoms with Crippen LogP contribution in [0, 0.1) is 0 Å². The number of rotatable bonds is 11. The minimum atomic E-state index is -4.19. The normalized spacial score (nSPS) is 11.8. The number of benzene rings is 4. The third kappa shape index (κ3) is 6.89. The van der Waals surface area contributed by atoms with E-state index in [0.717, 1.165) is 15.4 Å². The molecule has 0 aliphatic carbocycles. The van der Waals surface area contributed by atoms with E-state index in [9.17, 15) is 18.0 Å². The summed E-state index contributed by atoms with van der Waals surface area (Å²) >= 11 is 6.45. The van der Waals surface area contributed by atoms with Gasteiger partial charge in [0.05, 0.1) is 15.6 Å². The number of carbonyl (C=O) groups excluding carboxylic acids is 2. The summed E-state index contributed by atoms with van der Waals surface area (Å²) in [6.45, 7) is -0.456. The molecule has 40 heavy (non-hydrogen) atoms. The lowest BCUT2D eigenvalue weighted by molar-refractivity contribution is -0.139. The highest BCUT2D eigenvalue weighted by atomic mass is 35.5. The van der Waals surface area contributed by atoms with Gasteiger partial charge in [-0.3, -0.25) is 13.9 Å². The number of nitrogens with zero attached hydrogens (tertiary/aromatic N) is 2. The summed E-state index contributed by atoms with van der Waals surface area (Å²) in [7, 11) is -2.67. The maximum atomic E-state index is 14.2. The molecule has 0 radical (unpaired) electrons. The molecule has 4 rings (SSSR count). The molecule has 4 aromatic carbocycles. The molecule has 1 N–H and O–H groups in total. The van der Waals surface area contributed by atoms with Crippen molar-refractivity contribution in [3.05, 3.63) is 131 Å². The Hall–Kier alpha value is -4.14. The minimum Gasteiger partial charge on any atom is -0.357 e. The molecule has 0 fully saturated rings. The highest BCUT2D eigenvalue weighted by Crippen LogP contribution is 2.30. The Bertz CT molecular complexity index is 1530. The predicted molar refractivity (Wildman–Crippen MR) is 157 cm³/mol. The summed E-state index contributed by atoms with van der Waals surface area (Å²) in [4.78, 5) is 28.8. The lowest BCUT2D eigenvalue weighted by Crippen LogP contribution is -2.53. The van der Waals surface area contributed by atoms with Crippen LogP contribution in [0.1, 0.15) is 11.1 Å². The first-order chi connectivity index (χ1) is 19.3. The van der Waals surface area contributed by atoms with E-state index in [-0.39, 0.29) is 34.5 Å². The van der Waals surface area contributed by atoms with Gasteiger partial charge in [0.1, 0.15) is 12.6 Å². The number of likely N-dealkylation sites (N-methyl/N-ethyl adjacent to an activating group) is 1. The van der Waals surface area contributed by atoms with Crippen LogP contribution in [0.2, 0.25) is 5.02 Å². The molecule has 0 heterocycles. The topological polar surface area (TPSA) is 86.8 Å². The van der Waals surface area contributed by atoms with Crippen LogP contribution in [0.15, 0.2) is 120 Å². The number of halogens is 1. The summed E-state index contributed by atoms with van der Waals surface area (Å²) in [6, 6.07) is 32.1. The molecule has 7 nitrogen and oxygen atoms in total. The smallest absolute Gasteiger partial charge is 0.264 e. The van der Waals surface area contributed by atoms with Gasteiger partial charge < -0.3 is 10.2 Å². The first-order valence-corrected chi connectivity index (χ1v) is 14.5. The first-order valence-electron chi connectivity index (χ1n) is 12.7. The third-order valence-corrected chi connectivity index (χ3v) is 8.54. The number of anilines is 1. The highest BCUT2D eigenvalue weighted by molar-refractivity contribution is 7.92. The van der Waals surface area contributed by atoms with Crippen LogP contribution in [0.25, 0.3) is 0 Å². The SMILES string of the molecule is CNC(=O)[C@@H](Cc1ccccc1)N(Cc1ccccc1)C(=O)CN(c1ccccc1Cl)S(=O)(=O)c1ccccc1. The molecule has 0 aromatic heterocycles. The van der Waals surface area contributed by atoms with Crippen LogP contribution in [0.3, 0.4) is 0 Å². The summed E-state index contributed by atoms with van der Waals surface area (Å²) in [5.74, 6) is -0.906. The number of nitrogens with one attached hydrogen (secondary N) is 1. The molecule has 0 bridgehead atoms. The fourth-order valence-corrected chi connectivity index (χ4v) is 6.13. The largest absolute Gasteiger partial charge is 0.357 e. The average molecular weight is 576 g/mol.